The van der Waals surface area contributed by atoms with Gasteiger partial charge in [0.25, 0.3) is 0 Å². The van der Waals surface area contributed by atoms with Crippen LogP contribution in [0.25, 0.3) is 22.5 Å². The van der Waals surface area contributed by atoms with Crippen LogP contribution in [0.2, 0.25) is 0 Å². The molecule has 4 heterocycles. The van der Waals surface area contributed by atoms with Crippen molar-refractivity contribution >= 4 is 23.8 Å². The lowest BCUT2D eigenvalue weighted by Gasteiger charge is -2.28. The van der Waals surface area contributed by atoms with E-state index in [1.807, 2.05) is 77.9 Å². The Morgan fingerprint density at radius 1 is 0.795 bits per heavy atom. The summed E-state index contributed by atoms with van der Waals surface area (Å²) < 4.78 is 11.1. The van der Waals surface area contributed by atoms with Gasteiger partial charge in [0.2, 0.25) is 5.91 Å². The fraction of sp³-hybridized carbons (Fsp3) is 0.485. The van der Waals surface area contributed by atoms with Gasteiger partial charge in [0.05, 0.1) is 23.6 Å². The number of ether oxygens (including phenoxy) is 2. The van der Waals surface area contributed by atoms with Crippen LogP contribution in [0, 0.1) is 0 Å². The highest BCUT2D eigenvalue weighted by atomic mass is 16.6. The number of H-pyrrole nitrogens is 1. The molecule has 2 aromatic heterocycles. The predicted octanol–water partition coefficient (Wildman–Crippen LogP) is 6.55. The lowest BCUT2D eigenvalue weighted by molar-refractivity contribution is -0.120. The van der Waals surface area contributed by atoms with Crippen molar-refractivity contribution in [3.8, 4) is 22.5 Å². The fourth-order valence-corrected chi connectivity index (χ4v) is 5.49. The molecule has 3 aromatic rings. The molecule has 0 radical (unpaired) electrons. The first-order valence-corrected chi connectivity index (χ1v) is 15.2. The molecular formula is C33H42N6O5. The zero-order valence-corrected chi connectivity index (χ0v) is 26.3. The first kappa shape index (κ1) is 31.0. The van der Waals surface area contributed by atoms with Gasteiger partial charge < -0.3 is 19.8 Å². The van der Waals surface area contributed by atoms with Crippen molar-refractivity contribution in [3.63, 3.8) is 0 Å². The third kappa shape index (κ3) is 7.38. The Morgan fingerprint density at radius 2 is 1.41 bits per heavy atom. The molecule has 11 heteroatoms. The maximum atomic E-state index is 13.0. The number of rotatable bonds is 5. The molecule has 11 nitrogen and oxygen atoms in total. The molecule has 0 aliphatic carbocycles. The standard InChI is InChI=1S/C33H42N6O5/c1-32(2,3)43-30(41)38-17-7-9-26(38)28-35-20-25(37-28)22-13-16-24(34-19-22)21-11-14-23(15-12-21)36-29(40)27-10-8-18-39(27)31(42)44-33(4,5)6/h11-16,19-20,26-27H,7-10,17-18H2,1-6H3,(H,35,37)(H,36,40). The van der Waals surface area contributed by atoms with Gasteiger partial charge in [-0.3, -0.25) is 19.6 Å². The van der Waals surface area contributed by atoms with E-state index >= 15 is 0 Å². The van der Waals surface area contributed by atoms with Crippen LogP contribution in [0.15, 0.2) is 48.8 Å². The average molecular weight is 603 g/mol. The van der Waals surface area contributed by atoms with Crippen LogP contribution in [0.3, 0.4) is 0 Å². The minimum absolute atomic E-state index is 0.154. The van der Waals surface area contributed by atoms with E-state index in [4.69, 9.17) is 9.47 Å². The van der Waals surface area contributed by atoms with Gasteiger partial charge in [-0.2, -0.15) is 0 Å². The Kier molecular flexibility index (Phi) is 8.67. The highest BCUT2D eigenvalue weighted by Crippen LogP contribution is 2.33. The summed E-state index contributed by atoms with van der Waals surface area (Å²) in [6.07, 6.45) is 5.83. The maximum absolute atomic E-state index is 13.0. The second-order valence-corrected chi connectivity index (χ2v) is 13.3. The largest absolute Gasteiger partial charge is 0.444 e. The molecule has 2 fully saturated rings. The SMILES string of the molecule is CC(C)(C)OC(=O)N1CCCC1C(=O)Nc1ccc(-c2ccc(-c3cnc(C4CCCN4C(=O)OC(C)(C)C)[nH]3)cn2)cc1. The number of aromatic nitrogens is 3. The van der Waals surface area contributed by atoms with Gasteiger partial charge in [-0.1, -0.05) is 12.1 Å². The van der Waals surface area contributed by atoms with E-state index in [0.29, 0.717) is 25.2 Å². The minimum atomic E-state index is -0.620. The third-order valence-electron chi connectivity index (χ3n) is 7.50. The number of hydrogen-bond acceptors (Lipinski definition) is 7. The highest BCUT2D eigenvalue weighted by Gasteiger charge is 2.37. The number of likely N-dealkylation sites (tertiary alicyclic amines) is 2. The van der Waals surface area contributed by atoms with E-state index in [1.54, 1.807) is 17.3 Å². The number of nitrogens with one attached hydrogen (secondary N) is 2. The molecule has 0 saturated carbocycles. The van der Waals surface area contributed by atoms with E-state index in [-0.39, 0.29) is 18.0 Å². The van der Waals surface area contributed by atoms with E-state index in [9.17, 15) is 14.4 Å². The van der Waals surface area contributed by atoms with E-state index in [1.165, 1.54) is 4.90 Å². The fourth-order valence-electron chi connectivity index (χ4n) is 5.49. The van der Waals surface area contributed by atoms with Crippen molar-refractivity contribution in [3.05, 3.63) is 54.6 Å². The van der Waals surface area contributed by atoms with Crippen molar-refractivity contribution in [2.75, 3.05) is 18.4 Å². The van der Waals surface area contributed by atoms with Gasteiger partial charge in [0.15, 0.2) is 0 Å². The van der Waals surface area contributed by atoms with Gasteiger partial charge in [-0.15, -0.1) is 0 Å². The van der Waals surface area contributed by atoms with Crippen molar-refractivity contribution in [2.24, 2.45) is 0 Å². The Labute approximate surface area is 258 Å². The summed E-state index contributed by atoms with van der Waals surface area (Å²) in [7, 11) is 0. The van der Waals surface area contributed by atoms with E-state index < -0.39 is 23.3 Å². The molecule has 3 amide bonds. The van der Waals surface area contributed by atoms with Crippen molar-refractivity contribution in [1.82, 2.24) is 24.8 Å². The molecular weight excluding hydrogens is 560 g/mol. The summed E-state index contributed by atoms with van der Waals surface area (Å²) in [6, 6.07) is 10.7. The van der Waals surface area contributed by atoms with Gasteiger partial charge in [0, 0.05) is 36.1 Å². The van der Waals surface area contributed by atoms with Crippen LogP contribution < -0.4 is 5.32 Å². The van der Waals surface area contributed by atoms with E-state index in [2.05, 4.69) is 20.3 Å². The smallest absolute Gasteiger partial charge is 0.410 e. The number of amides is 3. The number of hydrogen-bond donors (Lipinski definition) is 2. The molecule has 234 valence electrons. The highest BCUT2D eigenvalue weighted by molar-refractivity contribution is 5.97. The molecule has 2 aliphatic rings. The average Bonchev–Trinajstić information content (AvgIpc) is 3.72. The van der Waals surface area contributed by atoms with E-state index in [0.717, 1.165) is 47.6 Å². The Bertz CT molecular complexity index is 1490. The van der Waals surface area contributed by atoms with Crippen LogP contribution in [0.4, 0.5) is 15.3 Å². The van der Waals surface area contributed by atoms with Crippen LogP contribution in [0.1, 0.15) is 79.1 Å². The molecule has 2 N–H and O–H groups in total. The molecule has 44 heavy (non-hydrogen) atoms. The number of imidazole rings is 1. The molecule has 2 atom stereocenters. The molecule has 1 aromatic carbocycles. The Morgan fingerprint density at radius 3 is 2.05 bits per heavy atom. The number of nitrogens with zero attached hydrogens (tertiary/aromatic N) is 4. The third-order valence-corrected chi connectivity index (χ3v) is 7.50. The number of carbonyl (C=O) groups excluding carboxylic acids is 3. The topological polar surface area (TPSA) is 130 Å². The normalized spacial score (nSPS) is 18.8. The van der Waals surface area contributed by atoms with Gasteiger partial charge >= 0.3 is 12.2 Å². The number of aromatic amines is 1. The lowest BCUT2D eigenvalue weighted by Crippen LogP contribution is -2.45. The zero-order valence-electron chi connectivity index (χ0n) is 26.3. The zero-order chi connectivity index (χ0) is 31.6. The summed E-state index contributed by atoms with van der Waals surface area (Å²) >= 11 is 0. The van der Waals surface area contributed by atoms with Crippen molar-refractivity contribution in [1.29, 1.82) is 0 Å². The van der Waals surface area contributed by atoms with Crippen LogP contribution >= 0.6 is 0 Å². The summed E-state index contributed by atoms with van der Waals surface area (Å²) in [5.74, 6) is 0.506. The molecule has 5 rings (SSSR count). The number of anilines is 1. The number of benzene rings is 1. The molecule has 2 unspecified atom stereocenters. The van der Waals surface area contributed by atoms with Crippen LogP contribution in [-0.4, -0.2) is 73.2 Å². The maximum Gasteiger partial charge on any atom is 0.410 e. The summed E-state index contributed by atoms with van der Waals surface area (Å²) in [5, 5.41) is 2.93. The minimum Gasteiger partial charge on any atom is -0.444 e. The molecule has 2 saturated heterocycles. The number of carbonyl (C=O) groups is 3. The summed E-state index contributed by atoms with van der Waals surface area (Å²) in [5.41, 5.74) is 2.85. The quantitative estimate of drug-likeness (QED) is 0.339. The van der Waals surface area contributed by atoms with Crippen molar-refractivity contribution < 1.29 is 23.9 Å². The first-order chi connectivity index (χ1) is 20.8. The molecule has 2 aliphatic heterocycles. The van der Waals surface area contributed by atoms with Gasteiger partial charge in [0.1, 0.15) is 23.1 Å². The molecule has 0 spiro atoms. The van der Waals surface area contributed by atoms with Gasteiger partial charge in [-0.05, 0) is 91.5 Å². The first-order valence-electron chi connectivity index (χ1n) is 15.2. The Balaban J connectivity index is 1.20. The monoisotopic (exact) mass is 602 g/mol. The lowest BCUT2D eigenvalue weighted by atomic mass is 10.1. The number of pyridine rings is 1. The predicted molar refractivity (Wildman–Crippen MR) is 167 cm³/mol. The molecule has 0 bridgehead atoms. The second kappa shape index (κ2) is 12.3. The Hall–Kier alpha value is -4.41. The van der Waals surface area contributed by atoms with Crippen LogP contribution in [0.5, 0.6) is 0 Å². The second-order valence-electron chi connectivity index (χ2n) is 13.3. The summed E-state index contributed by atoms with van der Waals surface area (Å²) in [4.78, 5) is 54.2. The van der Waals surface area contributed by atoms with Gasteiger partial charge in [-0.25, -0.2) is 14.6 Å². The van der Waals surface area contributed by atoms with Crippen LogP contribution in [-0.2, 0) is 14.3 Å². The summed E-state index contributed by atoms with van der Waals surface area (Å²) in [6.45, 7) is 12.2. The van der Waals surface area contributed by atoms with Crippen molar-refractivity contribution in [2.45, 2.75) is 90.5 Å².